The predicted molar refractivity (Wildman–Crippen MR) is 249 cm³/mol. The Morgan fingerprint density at radius 2 is 1.32 bits per heavy atom. The van der Waals surface area contributed by atoms with Gasteiger partial charge in [0.2, 0.25) is 0 Å². The lowest BCUT2D eigenvalue weighted by Gasteiger charge is -2.24. The van der Waals surface area contributed by atoms with Crippen LogP contribution in [0, 0.1) is 11.8 Å². The van der Waals surface area contributed by atoms with Crippen LogP contribution in [-0.2, 0) is 32.7 Å². The molecule has 7 atom stereocenters. The number of unbranched alkanes of at least 4 members (excludes halogenated alkanes) is 12. The van der Waals surface area contributed by atoms with E-state index in [0.717, 1.165) is 70.6 Å². The van der Waals surface area contributed by atoms with Crippen molar-refractivity contribution in [2.75, 3.05) is 47.5 Å². The van der Waals surface area contributed by atoms with E-state index in [0.29, 0.717) is 30.3 Å². The number of rotatable bonds is 38. The van der Waals surface area contributed by atoms with Crippen molar-refractivity contribution in [1.29, 1.82) is 0 Å². The monoisotopic (exact) mass is 897 g/mol. The van der Waals surface area contributed by atoms with Gasteiger partial charge in [-0.2, -0.15) is 0 Å². The largest absolute Gasteiger partial charge is 0.472 e. The molecule has 1 aliphatic carbocycles. The van der Waals surface area contributed by atoms with Crippen LogP contribution in [-0.4, -0.2) is 109 Å². The Balaban J connectivity index is 2.50. The van der Waals surface area contributed by atoms with Crippen LogP contribution in [0.25, 0.3) is 0 Å². The van der Waals surface area contributed by atoms with Crippen LogP contribution in [0.15, 0.2) is 60.8 Å². The summed E-state index contributed by atoms with van der Waals surface area (Å²) in [7, 11) is 1.29. The van der Waals surface area contributed by atoms with Gasteiger partial charge in [0.05, 0.1) is 52.5 Å². The van der Waals surface area contributed by atoms with Crippen molar-refractivity contribution in [2.24, 2.45) is 11.8 Å². The zero-order valence-electron chi connectivity index (χ0n) is 39.2. The standard InChI is InChI=1S/C49H86NO11P/c1-6-8-10-11-12-13-14-15-16-17-18-19-20-21-22-23-24-25-26-28-34-49(55)61-43(41-60-62(56,57)59-38-37-50(3,4)5)40-58-48(54)33-30-29-32-44-45(47(53)39-46(44)52)36-35-42(51)31-27-9-7-2/h13-14,16-17,19-20,29-30,35-36,42-47,51-53H,6-12,15,18,21-28,31-34,37-41H2,1-5H3/p+1/b14-13-,17-16-,20-19-,30-29-,36-35+/t42-,43-,44+,45-,46+,47-/m1/s1. The third-order valence-corrected chi connectivity index (χ3v) is 11.9. The molecule has 4 N–H and O–H groups in total. The molecule has 0 aliphatic heterocycles. The van der Waals surface area contributed by atoms with Crippen molar-refractivity contribution in [3.05, 3.63) is 60.8 Å². The Kier molecular flexibility index (Phi) is 33.3. The van der Waals surface area contributed by atoms with Crippen molar-refractivity contribution in [1.82, 2.24) is 0 Å². The lowest BCUT2D eigenvalue weighted by Crippen LogP contribution is -2.37. The van der Waals surface area contributed by atoms with Gasteiger partial charge in [0.1, 0.15) is 19.8 Å². The fourth-order valence-electron chi connectivity index (χ4n) is 7.05. The molecule has 0 saturated heterocycles. The molecule has 0 heterocycles. The van der Waals surface area contributed by atoms with E-state index in [2.05, 4.69) is 50.3 Å². The fraction of sp³-hybridized carbons (Fsp3) is 0.755. The first-order valence-corrected chi connectivity index (χ1v) is 25.3. The Morgan fingerprint density at radius 1 is 0.726 bits per heavy atom. The van der Waals surface area contributed by atoms with Gasteiger partial charge in [-0.1, -0.05) is 139 Å². The molecule has 0 aromatic rings. The summed E-state index contributed by atoms with van der Waals surface area (Å²) in [5.74, 6) is -1.72. The van der Waals surface area contributed by atoms with Crippen molar-refractivity contribution in [3.8, 4) is 0 Å². The number of carbonyl (C=O) groups is 2. The molecule has 0 amide bonds. The summed E-state index contributed by atoms with van der Waals surface area (Å²) in [6.07, 6.45) is 36.8. The second kappa shape index (κ2) is 35.9. The van der Waals surface area contributed by atoms with Crippen LogP contribution in [0.4, 0.5) is 0 Å². The number of hydrogen-bond acceptors (Lipinski definition) is 10. The molecule has 13 heteroatoms. The van der Waals surface area contributed by atoms with Crippen LogP contribution in [0.1, 0.15) is 155 Å². The van der Waals surface area contributed by atoms with Crippen LogP contribution in [0.3, 0.4) is 0 Å². The summed E-state index contributed by atoms with van der Waals surface area (Å²) in [4.78, 5) is 35.7. The zero-order valence-corrected chi connectivity index (χ0v) is 40.1. The maximum atomic E-state index is 12.8. The van der Waals surface area contributed by atoms with Crippen LogP contribution in [0.2, 0.25) is 0 Å². The Labute approximate surface area is 375 Å². The summed E-state index contributed by atoms with van der Waals surface area (Å²) in [6, 6.07) is 0. The molecule has 0 radical (unpaired) electrons. The summed E-state index contributed by atoms with van der Waals surface area (Å²) in [6.45, 7) is 3.90. The first-order chi connectivity index (χ1) is 29.7. The van der Waals surface area contributed by atoms with E-state index in [-0.39, 0.29) is 44.3 Å². The Bertz CT molecular complexity index is 1360. The second-order valence-electron chi connectivity index (χ2n) is 17.8. The minimum Gasteiger partial charge on any atom is -0.461 e. The van der Waals surface area contributed by atoms with Gasteiger partial charge in [-0.25, -0.2) is 4.57 Å². The highest BCUT2D eigenvalue weighted by Crippen LogP contribution is 2.43. The molecule has 1 rings (SSSR count). The van der Waals surface area contributed by atoms with Gasteiger partial charge in [-0.05, 0) is 63.7 Å². The summed E-state index contributed by atoms with van der Waals surface area (Å²) >= 11 is 0. The second-order valence-corrected chi connectivity index (χ2v) is 19.2. The topological polar surface area (TPSA) is 169 Å². The number of aliphatic hydroxyl groups excluding tert-OH is 3. The molecular formula is C49H87NO11P+. The first kappa shape index (κ1) is 57.6. The number of ether oxygens (including phenoxy) is 2. The molecule has 1 saturated carbocycles. The van der Waals surface area contributed by atoms with Crippen molar-refractivity contribution in [2.45, 2.75) is 180 Å². The molecule has 0 aromatic heterocycles. The highest BCUT2D eigenvalue weighted by atomic mass is 31.2. The van der Waals surface area contributed by atoms with Gasteiger partial charge in [-0.3, -0.25) is 18.6 Å². The normalized spacial score (nSPS) is 20.6. The highest BCUT2D eigenvalue weighted by Gasteiger charge is 2.39. The van der Waals surface area contributed by atoms with E-state index in [1.54, 1.807) is 24.3 Å². The number of phosphoric acid groups is 1. The lowest BCUT2D eigenvalue weighted by atomic mass is 9.89. The SMILES string of the molecule is CCCCCC/C=C\C/C=C\C/C=C\CCCCCCCCC(=O)O[C@H](COC(=O)C/C=C\C[C@H]1[C@@H](/C=C/[C@H](O)CCCCC)[C@H](O)C[C@@H]1O)COP(=O)(O)OCC[N+](C)(C)C. The number of quaternary nitrogens is 1. The molecular weight excluding hydrogens is 810 g/mol. The average Bonchev–Trinajstić information content (AvgIpc) is 3.48. The van der Waals surface area contributed by atoms with E-state index in [9.17, 15) is 34.4 Å². The van der Waals surface area contributed by atoms with Gasteiger partial charge in [0.25, 0.3) is 0 Å². The number of esters is 2. The van der Waals surface area contributed by atoms with Gasteiger partial charge < -0.3 is 34.2 Å². The third-order valence-electron chi connectivity index (χ3n) is 10.9. The number of aliphatic hydroxyl groups is 3. The Hall–Kier alpha value is -2.41. The smallest absolute Gasteiger partial charge is 0.461 e. The number of carbonyl (C=O) groups excluding carboxylic acids is 2. The number of hydrogen-bond donors (Lipinski definition) is 4. The van der Waals surface area contributed by atoms with Gasteiger partial charge in [0.15, 0.2) is 6.10 Å². The maximum Gasteiger partial charge on any atom is 0.472 e. The van der Waals surface area contributed by atoms with E-state index in [4.69, 9.17) is 18.5 Å². The summed E-state index contributed by atoms with van der Waals surface area (Å²) < 4.78 is 34.3. The third kappa shape index (κ3) is 32.3. The molecule has 0 bridgehead atoms. The fourth-order valence-corrected chi connectivity index (χ4v) is 7.79. The number of allylic oxidation sites excluding steroid dienone is 7. The van der Waals surface area contributed by atoms with Crippen LogP contribution < -0.4 is 0 Å². The molecule has 62 heavy (non-hydrogen) atoms. The summed E-state index contributed by atoms with van der Waals surface area (Å²) in [5, 5.41) is 31.4. The Morgan fingerprint density at radius 3 is 1.97 bits per heavy atom. The minimum absolute atomic E-state index is 0.0240. The molecule has 1 aliphatic rings. The van der Waals surface area contributed by atoms with Crippen molar-refractivity contribution >= 4 is 19.8 Å². The van der Waals surface area contributed by atoms with E-state index >= 15 is 0 Å². The van der Waals surface area contributed by atoms with E-state index in [1.807, 2.05) is 21.1 Å². The molecule has 1 fully saturated rings. The quantitative estimate of drug-likeness (QED) is 0.0153. The molecule has 358 valence electrons. The highest BCUT2D eigenvalue weighted by molar-refractivity contribution is 7.47. The maximum absolute atomic E-state index is 12.8. The molecule has 0 aromatic carbocycles. The van der Waals surface area contributed by atoms with Gasteiger partial charge in [-0.15, -0.1) is 0 Å². The number of phosphoric ester groups is 1. The molecule has 12 nitrogen and oxygen atoms in total. The van der Waals surface area contributed by atoms with Crippen LogP contribution >= 0.6 is 7.82 Å². The van der Waals surface area contributed by atoms with Crippen molar-refractivity contribution in [3.63, 3.8) is 0 Å². The zero-order chi connectivity index (χ0) is 45.9. The lowest BCUT2D eigenvalue weighted by molar-refractivity contribution is -0.870. The van der Waals surface area contributed by atoms with Crippen LogP contribution in [0.5, 0.6) is 0 Å². The minimum atomic E-state index is -4.47. The average molecular weight is 897 g/mol. The van der Waals surface area contributed by atoms with E-state index in [1.165, 1.54) is 32.1 Å². The summed E-state index contributed by atoms with van der Waals surface area (Å²) in [5.41, 5.74) is 0. The first-order valence-electron chi connectivity index (χ1n) is 23.8. The molecule has 1 unspecified atom stereocenters. The predicted octanol–water partition coefficient (Wildman–Crippen LogP) is 10.0. The van der Waals surface area contributed by atoms with Gasteiger partial charge in [0, 0.05) is 18.8 Å². The van der Waals surface area contributed by atoms with Crippen molar-refractivity contribution < 1.29 is 57.4 Å². The van der Waals surface area contributed by atoms with Gasteiger partial charge >= 0.3 is 19.8 Å². The number of nitrogens with zero attached hydrogens (tertiary/aromatic N) is 1. The number of likely N-dealkylation sites (N-methyl/N-ethyl adjacent to an activating group) is 1. The molecule has 0 spiro atoms. The van der Waals surface area contributed by atoms with E-state index < -0.39 is 50.8 Å².